The highest BCUT2D eigenvalue weighted by Gasteiger charge is 2.26. The standard InChI is InChI=1S/C14H18N4O2/c1-15-8-11-10-17(6-7-20-11)14(19)12-9-16-18-5-3-2-4-13(12)18/h2-5,9,11,15H,6-8,10H2,1H3. The molecule has 0 aromatic carbocycles. The highest BCUT2D eigenvalue weighted by Crippen LogP contribution is 2.15. The topological polar surface area (TPSA) is 58.9 Å². The van der Waals surface area contributed by atoms with Gasteiger partial charge >= 0.3 is 0 Å². The number of hydrogen-bond acceptors (Lipinski definition) is 4. The van der Waals surface area contributed by atoms with Gasteiger partial charge in [0.1, 0.15) is 0 Å². The Kier molecular flexibility index (Phi) is 3.66. The fourth-order valence-corrected chi connectivity index (χ4v) is 2.52. The van der Waals surface area contributed by atoms with Gasteiger partial charge in [-0.25, -0.2) is 4.52 Å². The number of aromatic nitrogens is 2. The Labute approximate surface area is 117 Å². The summed E-state index contributed by atoms with van der Waals surface area (Å²) in [4.78, 5) is 14.5. The van der Waals surface area contributed by atoms with Crippen LogP contribution >= 0.6 is 0 Å². The summed E-state index contributed by atoms with van der Waals surface area (Å²) in [6.45, 7) is 2.57. The SMILES string of the molecule is CNCC1CN(C(=O)c2cnn3ccccc23)CCO1. The third-order valence-corrected chi connectivity index (χ3v) is 3.51. The quantitative estimate of drug-likeness (QED) is 0.880. The van der Waals surface area contributed by atoms with E-state index >= 15 is 0 Å². The molecule has 1 amide bonds. The van der Waals surface area contributed by atoms with Gasteiger partial charge in [-0.05, 0) is 19.2 Å². The molecule has 1 aliphatic heterocycles. The first-order valence-electron chi connectivity index (χ1n) is 6.77. The second-order valence-corrected chi connectivity index (χ2v) is 4.89. The largest absolute Gasteiger partial charge is 0.373 e. The van der Waals surface area contributed by atoms with Crippen molar-refractivity contribution in [1.29, 1.82) is 0 Å². The van der Waals surface area contributed by atoms with E-state index in [-0.39, 0.29) is 12.0 Å². The summed E-state index contributed by atoms with van der Waals surface area (Å²) in [5.74, 6) is 0.0237. The molecule has 1 unspecified atom stereocenters. The van der Waals surface area contributed by atoms with Gasteiger partial charge in [-0.2, -0.15) is 5.10 Å². The smallest absolute Gasteiger partial charge is 0.257 e. The van der Waals surface area contributed by atoms with E-state index in [0.717, 1.165) is 12.1 Å². The van der Waals surface area contributed by atoms with Crippen molar-refractivity contribution in [2.75, 3.05) is 33.3 Å². The molecule has 0 spiro atoms. The maximum absolute atomic E-state index is 12.6. The van der Waals surface area contributed by atoms with Crippen LogP contribution in [0.5, 0.6) is 0 Å². The van der Waals surface area contributed by atoms with Crippen molar-refractivity contribution in [3.63, 3.8) is 0 Å². The zero-order chi connectivity index (χ0) is 13.9. The first-order chi connectivity index (χ1) is 9.79. The van der Waals surface area contributed by atoms with Gasteiger partial charge in [0.25, 0.3) is 5.91 Å². The third-order valence-electron chi connectivity index (χ3n) is 3.51. The Bertz CT molecular complexity index is 608. The molecule has 3 rings (SSSR count). The van der Waals surface area contributed by atoms with E-state index in [1.165, 1.54) is 0 Å². The molecule has 6 heteroatoms. The lowest BCUT2D eigenvalue weighted by atomic mass is 10.2. The van der Waals surface area contributed by atoms with Gasteiger partial charge in [-0.3, -0.25) is 4.79 Å². The van der Waals surface area contributed by atoms with E-state index in [1.54, 1.807) is 10.7 Å². The number of morpholine rings is 1. The molecule has 0 radical (unpaired) electrons. The van der Waals surface area contributed by atoms with Crippen molar-refractivity contribution in [3.05, 3.63) is 36.2 Å². The van der Waals surface area contributed by atoms with Gasteiger partial charge in [-0.15, -0.1) is 0 Å². The summed E-state index contributed by atoms with van der Waals surface area (Å²) in [6, 6.07) is 5.72. The predicted molar refractivity (Wildman–Crippen MR) is 74.8 cm³/mol. The molecule has 2 aromatic heterocycles. The predicted octanol–water partition coefficient (Wildman–Crippen LogP) is 0.395. The van der Waals surface area contributed by atoms with Crippen LogP contribution in [0.1, 0.15) is 10.4 Å². The molecule has 1 atom stereocenters. The molecule has 106 valence electrons. The van der Waals surface area contributed by atoms with Crippen LogP contribution < -0.4 is 5.32 Å². The van der Waals surface area contributed by atoms with Crippen molar-refractivity contribution in [1.82, 2.24) is 19.8 Å². The van der Waals surface area contributed by atoms with Gasteiger partial charge < -0.3 is 15.0 Å². The Morgan fingerprint density at radius 3 is 3.30 bits per heavy atom. The Morgan fingerprint density at radius 2 is 2.45 bits per heavy atom. The van der Waals surface area contributed by atoms with Crippen LogP contribution in [0.3, 0.4) is 0 Å². The molecule has 1 saturated heterocycles. The molecule has 0 aliphatic carbocycles. The molecular formula is C14H18N4O2. The van der Waals surface area contributed by atoms with Crippen LogP contribution in [-0.4, -0.2) is 59.8 Å². The molecule has 1 fully saturated rings. The average molecular weight is 274 g/mol. The number of amides is 1. The molecule has 20 heavy (non-hydrogen) atoms. The number of ether oxygens (including phenoxy) is 1. The first-order valence-corrected chi connectivity index (χ1v) is 6.77. The fourth-order valence-electron chi connectivity index (χ4n) is 2.52. The lowest BCUT2D eigenvalue weighted by molar-refractivity contribution is -0.0195. The number of pyridine rings is 1. The minimum absolute atomic E-state index is 0.0237. The molecule has 0 saturated carbocycles. The van der Waals surface area contributed by atoms with E-state index in [9.17, 15) is 4.79 Å². The number of hydrogen-bond donors (Lipinski definition) is 1. The molecule has 3 heterocycles. The number of rotatable bonds is 3. The molecular weight excluding hydrogens is 256 g/mol. The number of nitrogens with one attached hydrogen (secondary N) is 1. The van der Waals surface area contributed by atoms with Crippen LogP contribution in [-0.2, 0) is 4.74 Å². The Morgan fingerprint density at radius 1 is 1.55 bits per heavy atom. The van der Waals surface area contributed by atoms with Gasteiger partial charge in [0.05, 0.1) is 30.0 Å². The molecule has 0 bridgehead atoms. The molecule has 6 nitrogen and oxygen atoms in total. The van der Waals surface area contributed by atoms with Crippen LogP contribution in [0.25, 0.3) is 5.52 Å². The number of fused-ring (bicyclic) bond motifs is 1. The number of carbonyl (C=O) groups excluding carboxylic acids is 1. The lowest BCUT2D eigenvalue weighted by Gasteiger charge is -2.32. The summed E-state index contributed by atoms with van der Waals surface area (Å²) in [5.41, 5.74) is 1.49. The van der Waals surface area contributed by atoms with Gasteiger partial charge in [-0.1, -0.05) is 6.07 Å². The van der Waals surface area contributed by atoms with Crippen LogP contribution in [0.15, 0.2) is 30.6 Å². The average Bonchev–Trinajstić information content (AvgIpc) is 2.91. The summed E-state index contributed by atoms with van der Waals surface area (Å²) >= 11 is 0. The van der Waals surface area contributed by atoms with E-state index < -0.39 is 0 Å². The minimum atomic E-state index is 0.0237. The molecule has 1 aliphatic rings. The third kappa shape index (κ3) is 2.39. The lowest BCUT2D eigenvalue weighted by Crippen LogP contribution is -2.48. The van der Waals surface area contributed by atoms with Gasteiger partial charge in [0, 0.05) is 25.8 Å². The van der Waals surface area contributed by atoms with Crippen molar-refractivity contribution < 1.29 is 9.53 Å². The van der Waals surface area contributed by atoms with Crippen molar-refractivity contribution >= 4 is 11.4 Å². The van der Waals surface area contributed by atoms with Crippen molar-refractivity contribution in [2.45, 2.75) is 6.10 Å². The highest BCUT2D eigenvalue weighted by atomic mass is 16.5. The zero-order valence-corrected chi connectivity index (χ0v) is 11.5. The first kappa shape index (κ1) is 13.1. The fraction of sp³-hybridized carbons (Fsp3) is 0.429. The minimum Gasteiger partial charge on any atom is -0.373 e. The summed E-state index contributed by atoms with van der Waals surface area (Å²) in [7, 11) is 1.88. The second-order valence-electron chi connectivity index (χ2n) is 4.89. The number of likely N-dealkylation sites (N-methyl/N-ethyl adjacent to an activating group) is 1. The molecule has 1 N–H and O–H groups in total. The van der Waals surface area contributed by atoms with Gasteiger partial charge in [0.2, 0.25) is 0 Å². The van der Waals surface area contributed by atoms with E-state index in [0.29, 0.717) is 25.3 Å². The summed E-state index contributed by atoms with van der Waals surface area (Å²) < 4.78 is 7.35. The summed E-state index contributed by atoms with van der Waals surface area (Å²) in [5, 5.41) is 7.30. The van der Waals surface area contributed by atoms with Crippen molar-refractivity contribution in [3.8, 4) is 0 Å². The second kappa shape index (κ2) is 5.60. The number of carbonyl (C=O) groups is 1. The molecule has 2 aromatic rings. The van der Waals surface area contributed by atoms with E-state index in [1.807, 2.05) is 36.3 Å². The van der Waals surface area contributed by atoms with Crippen LogP contribution in [0.2, 0.25) is 0 Å². The maximum atomic E-state index is 12.6. The monoisotopic (exact) mass is 274 g/mol. The van der Waals surface area contributed by atoms with E-state index in [2.05, 4.69) is 10.4 Å². The Balaban J connectivity index is 1.81. The van der Waals surface area contributed by atoms with Crippen LogP contribution in [0.4, 0.5) is 0 Å². The van der Waals surface area contributed by atoms with E-state index in [4.69, 9.17) is 4.74 Å². The van der Waals surface area contributed by atoms with Crippen LogP contribution in [0, 0.1) is 0 Å². The normalized spacial score (nSPS) is 19.4. The highest BCUT2D eigenvalue weighted by molar-refractivity contribution is 6.00. The Hall–Kier alpha value is -1.92. The maximum Gasteiger partial charge on any atom is 0.257 e. The summed E-state index contributed by atoms with van der Waals surface area (Å²) in [6.07, 6.45) is 3.54. The van der Waals surface area contributed by atoms with Gasteiger partial charge in [0.15, 0.2) is 0 Å². The zero-order valence-electron chi connectivity index (χ0n) is 11.5. The number of nitrogens with zero attached hydrogens (tertiary/aromatic N) is 3. The van der Waals surface area contributed by atoms with Crippen molar-refractivity contribution in [2.24, 2.45) is 0 Å².